The molecule has 3 heterocycles. The second-order valence-corrected chi connectivity index (χ2v) is 7.29. The molecule has 160 valence electrons. The first kappa shape index (κ1) is 20.0. The third-order valence-electron chi connectivity index (χ3n) is 5.02. The highest BCUT2D eigenvalue weighted by Gasteiger charge is 2.33. The zero-order chi connectivity index (χ0) is 21.3. The van der Waals surface area contributed by atoms with Crippen LogP contribution in [0.15, 0.2) is 18.2 Å². The number of aromatic amines is 1. The first-order valence-corrected chi connectivity index (χ1v) is 9.38. The maximum absolute atomic E-state index is 14.1. The minimum Gasteiger partial charge on any atom is -0.446 e. The van der Waals surface area contributed by atoms with Gasteiger partial charge in [0.25, 0.3) is 11.8 Å². The molecule has 9 nitrogen and oxygen atoms in total. The van der Waals surface area contributed by atoms with E-state index in [4.69, 9.17) is 4.74 Å². The summed E-state index contributed by atoms with van der Waals surface area (Å²) >= 11 is 0. The van der Waals surface area contributed by atoms with Crippen molar-refractivity contribution in [3.8, 4) is 0 Å². The number of H-pyrrole nitrogens is 1. The summed E-state index contributed by atoms with van der Waals surface area (Å²) in [6.45, 7) is -2.04. The highest BCUT2D eigenvalue weighted by Crippen LogP contribution is 2.36. The van der Waals surface area contributed by atoms with Gasteiger partial charge in [-0.05, 0) is 31.4 Å². The number of hydrogen-bond donors (Lipinski definition) is 4. The van der Waals surface area contributed by atoms with Crippen molar-refractivity contribution in [1.29, 1.82) is 0 Å². The lowest BCUT2D eigenvalue weighted by atomic mass is 10.0. The van der Waals surface area contributed by atoms with E-state index in [1.807, 2.05) is 10.6 Å². The van der Waals surface area contributed by atoms with Gasteiger partial charge in [0.2, 0.25) is 0 Å². The molecule has 30 heavy (non-hydrogen) atoms. The Labute approximate surface area is 168 Å². The van der Waals surface area contributed by atoms with Gasteiger partial charge < -0.3 is 20.7 Å². The Morgan fingerprint density at radius 1 is 1.13 bits per heavy atom. The van der Waals surface area contributed by atoms with Gasteiger partial charge in [-0.25, -0.2) is 22.9 Å². The predicted molar refractivity (Wildman–Crippen MR) is 98.2 cm³/mol. The standard InChI is InChI=1S/C18H19F3N6O3/c19-11-3-4-12-16(28)22-7-18(20,21)8-23-17(29)30-10-2-1-9(5-10)13-6-14(27-26-13)25-15(11)24-12/h3-4,6,9-10H,1-2,5,7-8H2,(H,22,28)(H,23,29)(H2,24,25,26,27)/t9-,10+/m0/s1. The number of fused-ring (bicyclic) bond motifs is 7. The average Bonchev–Trinajstić information content (AvgIpc) is 3.35. The smallest absolute Gasteiger partial charge is 0.407 e. The van der Waals surface area contributed by atoms with Gasteiger partial charge in [-0.2, -0.15) is 5.10 Å². The highest BCUT2D eigenvalue weighted by atomic mass is 19.3. The molecule has 1 aliphatic carbocycles. The number of alkyl halides is 2. The molecule has 4 N–H and O–H groups in total. The Bertz CT molecular complexity index is 966. The van der Waals surface area contributed by atoms with Crippen LogP contribution in [0.3, 0.4) is 0 Å². The van der Waals surface area contributed by atoms with Gasteiger partial charge in [-0.1, -0.05) is 0 Å². The van der Waals surface area contributed by atoms with Crippen LogP contribution in [0.5, 0.6) is 0 Å². The van der Waals surface area contributed by atoms with Crippen molar-refractivity contribution < 1.29 is 27.5 Å². The van der Waals surface area contributed by atoms with Crippen molar-refractivity contribution in [2.24, 2.45) is 0 Å². The van der Waals surface area contributed by atoms with Crippen LogP contribution in [0.4, 0.5) is 29.6 Å². The van der Waals surface area contributed by atoms with Gasteiger partial charge in [0, 0.05) is 17.7 Å². The van der Waals surface area contributed by atoms with E-state index in [0.717, 1.165) is 17.8 Å². The second kappa shape index (κ2) is 7.84. The monoisotopic (exact) mass is 424 g/mol. The lowest BCUT2D eigenvalue weighted by Gasteiger charge is -2.19. The maximum Gasteiger partial charge on any atom is 0.407 e. The minimum atomic E-state index is -3.41. The molecule has 1 fully saturated rings. The normalized spacial score (nSPS) is 24.0. The van der Waals surface area contributed by atoms with E-state index in [9.17, 15) is 22.8 Å². The fourth-order valence-corrected chi connectivity index (χ4v) is 3.47. The Hall–Kier alpha value is -3.31. The Morgan fingerprint density at radius 3 is 2.77 bits per heavy atom. The third kappa shape index (κ3) is 4.47. The van der Waals surface area contributed by atoms with E-state index in [2.05, 4.69) is 20.5 Å². The summed E-state index contributed by atoms with van der Waals surface area (Å²) < 4.78 is 47.4. The molecule has 2 aliphatic rings. The number of nitrogens with one attached hydrogen (secondary N) is 4. The molecule has 2 aromatic heterocycles. The van der Waals surface area contributed by atoms with Crippen molar-refractivity contribution >= 4 is 23.6 Å². The number of ether oxygens (including phenoxy) is 1. The van der Waals surface area contributed by atoms with Crippen molar-refractivity contribution in [2.45, 2.75) is 37.2 Å². The van der Waals surface area contributed by atoms with Crippen LogP contribution in [0, 0.1) is 5.82 Å². The molecule has 0 aromatic carbocycles. The number of amides is 2. The number of carbonyl (C=O) groups excluding carboxylic acids is 2. The quantitative estimate of drug-likeness (QED) is 0.516. The van der Waals surface area contributed by atoms with Crippen LogP contribution in [-0.4, -0.2) is 52.3 Å². The molecule has 12 heteroatoms. The van der Waals surface area contributed by atoms with Gasteiger partial charge >= 0.3 is 6.09 Å². The number of alkyl carbamates (subject to hydrolysis) is 1. The number of carbonyl (C=O) groups is 2. The SMILES string of the molecule is O=C1NCC(F)(F)CNC(=O)c2ccc(F)c(n2)Nc2cc([nH]n2)[C@H]2CC[C@H](C2)O1. The zero-order valence-electron chi connectivity index (χ0n) is 15.7. The molecule has 0 saturated heterocycles. The lowest BCUT2D eigenvalue weighted by Crippen LogP contribution is -2.45. The topological polar surface area (TPSA) is 121 Å². The first-order chi connectivity index (χ1) is 14.3. The van der Waals surface area contributed by atoms with E-state index in [1.165, 1.54) is 0 Å². The van der Waals surface area contributed by atoms with E-state index in [1.54, 1.807) is 6.07 Å². The number of aromatic nitrogens is 3. The van der Waals surface area contributed by atoms with Crippen LogP contribution in [0.25, 0.3) is 0 Å². The second-order valence-electron chi connectivity index (χ2n) is 7.29. The zero-order valence-corrected chi connectivity index (χ0v) is 15.7. The Balaban J connectivity index is 1.61. The van der Waals surface area contributed by atoms with Crippen molar-refractivity contribution in [1.82, 2.24) is 25.8 Å². The van der Waals surface area contributed by atoms with E-state index in [0.29, 0.717) is 19.3 Å². The van der Waals surface area contributed by atoms with Crippen LogP contribution >= 0.6 is 0 Å². The summed E-state index contributed by atoms with van der Waals surface area (Å²) in [6.07, 6.45) is 0.423. The number of rotatable bonds is 0. The van der Waals surface area contributed by atoms with Gasteiger partial charge in [-0.15, -0.1) is 0 Å². The molecule has 0 unspecified atom stereocenters. The molecule has 0 radical (unpaired) electrons. The number of halogens is 3. The van der Waals surface area contributed by atoms with E-state index < -0.39 is 42.9 Å². The van der Waals surface area contributed by atoms with Crippen LogP contribution < -0.4 is 16.0 Å². The van der Waals surface area contributed by atoms with Gasteiger partial charge in [0.1, 0.15) is 11.8 Å². The molecule has 2 aromatic rings. The fraction of sp³-hybridized carbons (Fsp3) is 0.444. The molecule has 1 saturated carbocycles. The van der Waals surface area contributed by atoms with Gasteiger partial charge in [0.15, 0.2) is 17.5 Å². The molecule has 0 spiro atoms. The molecular weight excluding hydrogens is 405 g/mol. The van der Waals surface area contributed by atoms with E-state index >= 15 is 0 Å². The average molecular weight is 424 g/mol. The van der Waals surface area contributed by atoms with Crippen LogP contribution in [0.1, 0.15) is 41.4 Å². The predicted octanol–water partition coefficient (Wildman–Crippen LogP) is 2.43. The number of pyridine rings is 1. The van der Waals surface area contributed by atoms with Crippen molar-refractivity contribution in [3.05, 3.63) is 35.4 Å². The van der Waals surface area contributed by atoms with E-state index in [-0.39, 0.29) is 23.2 Å². The largest absolute Gasteiger partial charge is 0.446 e. The van der Waals surface area contributed by atoms with Crippen LogP contribution in [-0.2, 0) is 4.74 Å². The highest BCUT2D eigenvalue weighted by molar-refractivity contribution is 5.92. The third-order valence-corrected chi connectivity index (χ3v) is 5.02. The van der Waals surface area contributed by atoms with Crippen molar-refractivity contribution in [2.75, 3.05) is 18.4 Å². The minimum absolute atomic E-state index is 0.0149. The van der Waals surface area contributed by atoms with Gasteiger partial charge in [-0.3, -0.25) is 9.89 Å². The molecule has 2 amide bonds. The Morgan fingerprint density at radius 2 is 1.93 bits per heavy atom. The molecule has 1 aliphatic heterocycles. The van der Waals surface area contributed by atoms with Gasteiger partial charge in [0.05, 0.1) is 13.1 Å². The lowest BCUT2D eigenvalue weighted by molar-refractivity contribution is 0.00123. The van der Waals surface area contributed by atoms with Crippen LogP contribution in [0.2, 0.25) is 0 Å². The maximum atomic E-state index is 14.1. The number of anilines is 2. The summed E-state index contributed by atoms with van der Waals surface area (Å²) in [5.41, 5.74) is 0.503. The Kier molecular flexibility index (Phi) is 5.22. The number of hydrogen-bond acceptors (Lipinski definition) is 6. The number of nitrogens with zero attached hydrogens (tertiary/aromatic N) is 2. The summed E-state index contributed by atoms with van der Waals surface area (Å²) in [6, 6.07) is 3.77. The summed E-state index contributed by atoms with van der Waals surface area (Å²) in [5.74, 6) is -5.02. The fourth-order valence-electron chi connectivity index (χ4n) is 3.47. The molecule has 6 bridgehead atoms. The summed E-state index contributed by atoms with van der Waals surface area (Å²) in [4.78, 5) is 27.9. The molecule has 2 atom stereocenters. The first-order valence-electron chi connectivity index (χ1n) is 9.38. The molecule has 4 rings (SSSR count). The summed E-state index contributed by atoms with van der Waals surface area (Å²) in [7, 11) is 0. The van der Waals surface area contributed by atoms with Crippen molar-refractivity contribution in [3.63, 3.8) is 0 Å². The molecular formula is C18H19F3N6O3. The summed E-state index contributed by atoms with van der Waals surface area (Å²) in [5, 5.41) is 13.7.